The highest BCUT2D eigenvalue weighted by Crippen LogP contribution is 2.11. The molecule has 0 rings (SSSR count). The standard InChI is InChI=1S/C10H21N3O2/c1-2-3-4-5-6-8(9(14)15)7-13-10(11)12/h8H,2-7H2,1H3,(H,14,15)(H4,11,12,13). The maximum absolute atomic E-state index is 10.8. The molecule has 0 aliphatic carbocycles. The molecule has 0 saturated heterocycles. The van der Waals surface area contributed by atoms with Gasteiger partial charge in [0.2, 0.25) is 0 Å². The highest BCUT2D eigenvalue weighted by Gasteiger charge is 2.16. The van der Waals surface area contributed by atoms with Gasteiger partial charge in [0.05, 0.1) is 12.5 Å². The number of unbranched alkanes of at least 4 members (excludes halogenated alkanes) is 3. The summed E-state index contributed by atoms with van der Waals surface area (Å²) in [7, 11) is 0. The van der Waals surface area contributed by atoms with E-state index in [4.69, 9.17) is 16.6 Å². The number of carboxylic acids is 1. The predicted molar refractivity (Wildman–Crippen MR) is 60.6 cm³/mol. The minimum absolute atomic E-state index is 0.0465. The van der Waals surface area contributed by atoms with Crippen molar-refractivity contribution >= 4 is 11.9 Å². The van der Waals surface area contributed by atoms with Crippen molar-refractivity contribution in [2.45, 2.75) is 39.0 Å². The van der Waals surface area contributed by atoms with Crippen molar-refractivity contribution in [2.24, 2.45) is 22.4 Å². The molecule has 5 heteroatoms. The number of carbonyl (C=O) groups is 1. The number of nitrogens with zero attached hydrogens (tertiary/aromatic N) is 1. The molecule has 0 bridgehead atoms. The van der Waals surface area contributed by atoms with Gasteiger partial charge in [-0.05, 0) is 6.42 Å². The molecule has 0 heterocycles. The molecule has 0 aliphatic rings. The maximum Gasteiger partial charge on any atom is 0.308 e. The molecule has 1 atom stereocenters. The molecule has 1 unspecified atom stereocenters. The van der Waals surface area contributed by atoms with Gasteiger partial charge < -0.3 is 16.6 Å². The number of carboxylic acid groups (broad SMARTS) is 1. The number of aliphatic imine (C=N–C) groups is 1. The predicted octanol–water partition coefficient (Wildman–Crippen LogP) is 0.931. The highest BCUT2D eigenvalue weighted by atomic mass is 16.4. The minimum Gasteiger partial charge on any atom is -0.481 e. The van der Waals surface area contributed by atoms with E-state index in [0.29, 0.717) is 6.42 Å². The molecule has 0 amide bonds. The van der Waals surface area contributed by atoms with Crippen LogP contribution < -0.4 is 11.5 Å². The van der Waals surface area contributed by atoms with Gasteiger partial charge in [0.25, 0.3) is 0 Å². The monoisotopic (exact) mass is 215 g/mol. The third-order valence-electron chi connectivity index (χ3n) is 2.25. The van der Waals surface area contributed by atoms with Gasteiger partial charge in [0, 0.05) is 0 Å². The molecule has 15 heavy (non-hydrogen) atoms. The first kappa shape index (κ1) is 13.7. The summed E-state index contributed by atoms with van der Waals surface area (Å²) in [5, 5.41) is 8.89. The summed E-state index contributed by atoms with van der Waals surface area (Å²) in [6, 6.07) is 0. The Balaban J connectivity index is 3.84. The molecule has 5 nitrogen and oxygen atoms in total. The summed E-state index contributed by atoms with van der Waals surface area (Å²) < 4.78 is 0. The van der Waals surface area contributed by atoms with E-state index in [1.54, 1.807) is 0 Å². The van der Waals surface area contributed by atoms with Gasteiger partial charge in [-0.1, -0.05) is 32.6 Å². The van der Waals surface area contributed by atoms with Crippen LogP contribution >= 0.6 is 0 Å². The topological polar surface area (TPSA) is 102 Å². The zero-order valence-electron chi connectivity index (χ0n) is 9.28. The van der Waals surface area contributed by atoms with Crippen LogP contribution in [0.4, 0.5) is 0 Å². The van der Waals surface area contributed by atoms with Crippen molar-refractivity contribution in [1.82, 2.24) is 0 Å². The summed E-state index contributed by atoms with van der Waals surface area (Å²) in [5.74, 6) is -1.32. The van der Waals surface area contributed by atoms with Crippen molar-refractivity contribution in [1.29, 1.82) is 0 Å². The number of rotatable bonds is 8. The normalized spacial score (nSPS) is 12.1. The zero-order chi connectivity index (χ0) is 11.7. The maximum atomic E-state index is 10.8. The first-order valence-corrected chi connectivity index (χ1v) is 5.36. The lowest BCUT2D eigenvalue weighted by Gasteiger charge is -2.09. The van der Waals surface area contributed by atoms with E-state index >= 15 is 0 Å². The van der Waals surface area contributed by atoms with Gasteiger partial charge in [-0.3, -0.25) is 9.79 Å². The fourth-order valence-electron chi connectivity index (χ4n) is 1.33. The zero-order valence-corrected chi connectivity index (χ0v) is 9.28. The third kappa shape index (κ3) is 7.78. The Bertz CT molecular complexity index is 213. The number of guanidine groups is 1. The molecule has 0 spiro atoms. The number of hydrogen-bond acceptors (Lipinski definition) is 2. The average Bonchev–Trinajstić information content (AvgIpc) is 2.15. The second-order valence-electron chi connectivity index (χ2n) is 3.65. The lowest BCUT2D eigenvalue weighted by atomic mass is 10.0. The Labute approximate surface area is 90.6 Å². The van der Waals surface area contributed by atoms with Crippen molar-refractivity contribution in [3.8, 4) is 0 Å². The second kappa shape index (κ2) is 8.08. The van der Waals surface area contributed by atoms with Gasteiger partial charge in [-0.25, -0.2) is 0 Å². The van der Waals surface area contributed by atoms with Crippen molar-refractivity contribution in [2.75, 3.05) is 6.54 Å². The molecule has 88 valence electrons. The molecule has 0 fully saturated rings. The van der Waals surface area contributed by atoms with Crippen LogP contribution in [0.3, 0.4) is 0 Å². The number of hydrogen-bond donors (Lipinski definition) is 3. The van der Waals surface area contributed by atoms with Crippen LogP contribution in [-0.2, 0) is 4.79 Å². The fourth-order valence-corrected chi connectivity index (χ4v) is 1.33. The highest BCUT2D eigenvalue weighted by molar-refractivity contribution is 5.76. The Morgan fingerprint density at radius 2 is 2.00 bits per heavy atom. The molecule has 0 radical (unpaired) electrons. The van der Waals surface area contributed by atoms with Crippen LogP contribution in [0.25, 0.3) is 0 Å². The minimum atomic E-state index is -0.823. The Morgan fingerprint density at radius 1 is 1.33 bits per heavy atom. The van der Waals surface area contributed by atoms with Gasteiger partial charge in [0.15, 0.2) is 5.96 Å². The summed E-state index contributed by atoms with van der Waals surface area (Å²) in [4.78, 5) is 14.6. The lowest BCUT2D eigenvalue weighted by Crippen LogP contribution is -2.25. The fraction of sp³-hybridized carbons (Fsp3) is 0.800. The molecule has 0 aliphatic heterocycles. The molecular formula is C10H21N3O2. The van der Waals surface area contributed by atoms with Crippen LogP contribution in [0.15, 0.2) is 4.99 Å². The van der Waals surface area contributed by atoms with Crippen molar-refractivity contribution < 1.29 is 9.90 Å². The Hall–Kier alpha value is -1.26. The number of aliphatic carboxylic acids is 1. The van der Waals surface area contributed by atoms with E-state index in [1.807, 2.05) is 0 Å². The number of nitrogens with two attached hydrogens (primary N) is 2. The van der Waals surface area contributed by atoms with Crippen LogP contribution in [0.5, 0.6) is 0 Å². The molecule has 0 saturated carbocycles. The van der Waals surface area contributed by atoms with Crippen molar-refractivity contribution in [3.05, 3.63) is 0 Å². The summed E-state index contributed by atoms with van der Waals surface area (Å²) >= 11 is 0. The SMILES string of the molecule is CCCCCCC(CN=C(N)N)C(=O)O. The van der Waals surface area contributed by atoms with Gasteiger partial charge in [0.1, 0.15) is 0 Å². The van der Waals surface area contributed by atoms with E-state index in [9.17, 15) is 4.79 Å². The smallest absolute Gasteiger partial charge is 0.308 e. The summed E-state index contributed by atoms with van der Waals surface area (Å²) in [6.45, 7) is 2.30. The van der Waals surface area contributed by atoms with E-state index in [-0.39, 0.29) is 12.5 Å². The van der Waals surface area contributed by atoms with Crippen LogP contribution in [0.2, 0.25) is 0 Å². The van der Waals surface area contributed by atoms with Gasteiger partial charge in [-0.2, -0.15) is 0 Å². The molecular weight excluding hydrogens is 194 g/mol. The van der Waals surface area contributed by atoms with Crippen LogP contribution in [0, 0.1) is 5.92 Å². The summed E-state index contributed by atoms with van der Waals surface area (Å²) in [6.07, 6.45) is 4.93. The first-order chi connectivity index (χ1) is 7.07. The molecule has 0 aromatic carbocycles. The summed E-state index contributed by atoms with van der Waals surface area (Å²) in [5.41, 5.74) is 10.3. The Morgan fingerprint density at radius 3 is 2.47 bits per heavy atom. The Kier molecular flexibility index (Phi) is 7.40. The average molecular weight is 215 g/mol. The van der Waals surface area contributed by atoms with E-state index in [0.717, 1.165) is 25.7 Å². The third-order valence-corrected chi connectivity index (χ3v) is 2.25. The van der Waals surface area contributed by atoms with Crippen LogP contribution in [0.1, 0.15) is 39.0 Å². The van der Waals surface area contributed by atoms with Gasteiger partial charge in [-0.15, -0.1) is 0 Å². The quantitative estimate of drug-likeness (QED) is 0.318. The van der Waals surface area contributed by atoms with Gasteiger partial charge >= 0.3 is 5.97 Å². The molecule has 0 aromatic heterocycles. The first-order valence-electron chi connectivity index (χ1n) is 5.36. The van der Waals surface area contributed by atoms with Crippen molar-refractivity contribution in [3.63, 3.8) is 0 Å². The van der Waals surface area contributed by atoms with E-state index in [2.05, 4.69) is 11.9 Å². The molecule has 5 N–H and O–H groups in total. The lowest BCUT2D eigenvalue weighted by molar-refractivity contribution is -0.141. The van der Waals surface area contributed by atoms with Crippen LogP contribution in [-0.4, -0.2) is 23.6 Å². The second-order valence-corrected chi connectivity index (χ2v) is 3.65. The van der Waals surface area contributed by atoms with E-state index < -0.39 is 11.9 Å². The van der Waals surface area contributed by atoms with E-state index in [1.165, 1.54) is 0 Å². The largest absolute Gasteiger partial charge is 0.481 e. The molecule has 0 aromatic rings.